The minimum atomic E-state index is 0.344. The highest BCUT2D eigenvalue weighted by molar-refractivity contribution is 7.09. The smallest absolute Gasteiger partial charge is 0.231 e. The third-order valence-corrected chi connectivity index (χ3v) is 5.13. The van der Waals surface area contributed by atoms with E-state index >= 15 is 0 Å². The third kappa shape index (κ3) is 3.49. The Bertz CT molecular complexity index is 580. The molecule has 1 saturated carbocycles. The Balaban J connectivity index is 1.73. The minimum absolute atomic E-state index is 0.344. The Hall–Kier alpha value is -1.27. The van der Waals surface area contributed by atoms with Gasteiger partial charge in [-0.05, 0) is 26.8 Å². The third-order valence-electron chi connectivity index (χ3n) is 4.16. The van der Waals surface area contributed by atoms with Gasteiger partial charge >= 0.3 is 0 Å². The molecule has 1 aliphatic carbocycles. The predicted octanol–water partition coefficient (Wildman–Crippen LogP) is 3.06. The molecule has 1 N–H and O–H groups in total. The second-order valence-electron chi connectivity index (χ2n) is 5.75. The van der Waals surface area contributed by atoms with Gasteiger partial charge in [0, 0.05) is 17.1 Å². The van der Waals surface area contributed by atoms with Gasteiger partial charge in [-0.15, -0.1) is 11.3 Å². The zero-order valence-corrected chi connectivity index (χ0v) is 13.4. The van der Waals surface area contributed by atoms with Crippen molar-refractivity contribution in [2.75, 3.05) is 7.05 Å². The van der Waals surface area contributed by atoms with E-state index in [1.165, 1.54) is 25.7 Å². The lowest BCUT2D eigenvalue weighted by Crippen LogP contribution is -2.31. The first kappa shape index (κ1) is 14.7. The molecule has 0 saturated heterocycles. The topological polar surface area (TPSA) is 63.8 Å². The lowest BCUT2D eigenvalue weighted by molar-refractivity contribution is 0.309. The number of aromatic nitrogens is 3. The summed E-state index contributed by atoms with van der Waals surface area (Å²) in [6.45, 7) is 2.00. The molecule has 5 nitrogen and oxygen atoms in total. The number of hydrogen-bond acceptors (Lipinski definition) is 6. The van der Waals surface area contributed by atoms with Crippen molar-refractivity contribution in [1.29, 1.82) is 0 Å². The lowest BCUT2D eigenvalue weighted by Gasteiger charge is -2.20. The van der Waals surface area contributed by atoms with Gasteiger partial charge in [0.25, 0.3) is 0 Å². The van der Waals surface area contributed by atoms with Crippen LogP contribution < -0.4 is 5.32 Å². The van der Waals surface area contributed by atoms with Crippen LogP contribution in [0.25, 0.3) is 0 Å². The summed E-state index contributed by atoms with van der Waals surface area (Å²) in [5, 5.41) is 10.7. The average molecular weight is 306 g/mol. The number of nitrogens with one attached hydrogen (secondary N) is 1. The van der Waals surface area contributed by atoms with Crippen molar-refractivity contribution < 1.29 is 4.52 Å². The van der Waals surface area contributed by atoms with Gasteiger partial charge in [0.2, 0.25) is 5.89 Å². The minimum Gasteiger partial charge on any atom is -0.339 e. The molecule has 2 heterocycles. The van der Waals surface area contributed by atoms with Crippen molar-refractivity contribution in [3.05, 3.63) is 27.8 Å². The van der Waals surface area contributed by atoms with Gasteiger partial charge in [0.05, 0.1) is 12.3 Å². The maximum absolute atomic E-state index is 5.55. The van der Waals surface area contributed by atoms with Gasteiger partial charge in [-0.25, -0.2) is 4.98 Å². The van der Waals surface area contributed by atoms with E-state index in [1.54, 1.807) is 11.3 Å². The van der Waals surface area contributed by atoms with E-state index in [2.05, 4.69) is 25.8 Å². The van der Waals surface area contributed by atoms with Gasteiger partial charge in [-0.1, -0.05) is 24.4 Å². The number of hydrogen-bond donors (Lipinski definition) is 1. The highest BCUT2D eigenvalue weighted by Gasteiger charge is 2.28. The fourth-order valence-corrected chi connectivity index (χ4v) is 3.83. The van der Waals surface area contributed by atoms with Crippen molar-refractivity contribution in [3.8, 4) is 0 Å². The number of likely N-dealkylation sites (N-methyl/N-ethyl adjacent to an activating group) is 1. The Labute approximate surface area is 129 Å². The molecule has 2 aromatic rings. The summed E-state index contributed by atoms with van der Waals surface area (Å²) < 4.78 is 5.55. The Morgan fingerprint density at radius 1 is 1.29 bits per heavy atom. The molecule has 3 rings (SSSR count). The SMILES string of the molecule is CNC1CCCCCC1c1nc(Cc2nc(C)cs2)no1. The van der Waals surface area contributed by atoms with Crippen LogP contribution >= 0.6 is 11.3 Å². The monoisotopic (exact) mass is 306 g/mol. The maximum Gasteiger partial charge on any atom is 0.231 e. The van der Waals surface area contributed by atoms with Crippen LogP contribution in [0.15, 0.2) is 9.90 Å². The molecule has 2 unspecified atom stereocenters. The summed E-state index contributed by atoms with van der Waals surface area (Å²) in [6, 6.07) is 0.447. The number of nitrogens with zero attached hydrogens (tertiary/aromatic N) is 3. The van der Waals surface area contributed by atoms with E-state index in [9.17, 15) is 0 Å². The van der Waals surface area contributed by atoms with Crippen molar-refractivity contribution in [2.24, 2.45) is 0 Å². The van der Waals surface area contributed by atoms with E-state index in [-0.39, 0.29) is 0 Å². The molecule has 0 amide bonds. The molecule has 6 heteroatoms. The summed E-state index contributed by atoms with van der Waals surface area (Å²) in [7, 11) is 2.03. The van der Waals surface area contributed by atoms with Gasteiger partial charge in [-0.3, -0.25) is 0 Å². The van der Waals surface area contributed by atoms with Crippen LogP contribution in [0.2, 0.25) is 0 Å². The van der Waals surface area contributed by atoms with Crippen LogP contribution in [-0.2, 0) is 6.42 Å². The molecule has 0 aromatic carbocycles. The zero-order chi connectivity index (χ0) is 14.7. The number of thiazole rings is 1. The lowest BCUT2D eigenvalue weighted by atomic mass is 9.95. The molecular weight excluding hydrogens is 284 g/mol. The predicted molar refractivity (Wildman–Crippen MR) is 82.6 cm³/mol. The second kappa shape index (κ2) is 6.66. The van der Waals surface area contributed by atoms with Crippen LogP contribution in [-0.4, -0.2) is 28.2 Å². The first-order valence-corrected chi connectivity index (χ1v) is 8.55. The maximum atomic E-state index is 5.55. The summed E-state index contributed by atoms with van der Waals surface area (Å²) in [4.78, 5) is 9.09. The largest absolute Gasteiger partial charge is 0.339 e. The van der Waals surface area contributed by atoms with Crippen LogP contribution in [0, 0.1) is 6.92 Å². The summed E-state index contributed by atoms with van der Waals surface area (Å²) in [6.07, 6.45) is 6.80. The van der Waals surface area contributed by atoms with E-state index < -0.39 is 0 Å². The van der Waals surface area contributed by atoms with Gasteiger partial charge in [0.1, 0.15) is 5.01 Å². The molecule has 0 radical (unpaired) electrons. The molecule has 2 atom stereocenters. The highest BCUT2D eigenvalue weighted by Crippen LogP contribution is 2.31. The van der Waals surface area contributed by atoms with Crippen LogP contribution in [0.5, 0.6) is 0 Å². The standard InChI is InChI=1S/C15H22N4OS/c1-10-9-21-14(17-10)8-13-18-15(20-19-13)11-6-4-3-5-7-12(11)16-2/h9,11-12,16H,3-8H2,1-2H3. The van der Waals surface area contributed by atoms with E-state index in [1.807, 2.05) is 14.0 Å². The highest BCUT2D eigenvalue weighted by atomic mass is 32.1. The van der Waals surface area contributed by atoms with Crippen LogP contribution in [0.3, 0.4) is 0 Å². The van der Waals surface area contributed by atoms with Crippen LogP contribution in [0.1, 0.15) is 60.4 Å². The first-order valence-electron chi connectivity index (χ1n) is 7.67. The van der Waals surface area contributed by atoms with E-state index in [0.717, 1.165) is 28.8 Å². The normalized spacial score (nSPS) is 23.1. The molecule has 1 fully saturated rings. The summed E-state index contributed by atoms with van der Waals surface area (Å²) in [5.41, 5.74) is 1.05. The molecule has 114 valence electrons. The van der Waals surface area contributed by atoms with Gasteiger partial charge in [-0.2, -0.15) is 4.98 Å². The molecule has 0 bridgehead atoms. The average Bonchev–Trinajstić information content (AvgIpc) is 3.02. The Morgan fingerprint density at radius 2 is 2.14 bits per heavy atom. The second-order valence-corrected chi connectivity index (χ2v) is 6.69. The van der Waals surface area contributed by atoms with Crippen molar-refractivity contribution in [2.45, 2.75) is 57.4 Å². The van der Waals surface area contributed by atoms with E-state index in [0.29, 0.717) is 18.4 Å². The molecule has 21 heavy (non-hydrogen) atoms. The first-order chi connectivity index (χ1) is 10.3. The Kier molecular flexibility index (Phi) is 4.65. The molecule has 0 aliphatic heterocycles. The molecule has 0 spiro atoms. The van der Waals surface area contributed by atoms with E-state index in [4.69, 9.17) is 4.52 Å². The van der Waals surface area contributed by atoms with Gasteiger partial charge in [0.15, 0.2) is 5.82 Å². The fraction of sp³-hybridized carbons (Fsp3) is 0.667. The number of rotatable bonds is 4. The van der Waals surface area contributed by atoms with Crippen molar-refractivity contribution >= 4 is 11.3 Å². The molecular formula is C15H22N4OS. The zero-order valence-electron chi connectivity index (χ0n) is 12.6. The van der Waals surface area contributed by atoms with Gasteiger partial charge < -0.3 is 9.84 Å². The van der Waals surface area contributed by atoms with Crippen molar-refractivity contribution in [3.63, 3.8) is 0 Å². The Morgan fingerprint density at radius 3 is 2.90 bits per heavy atom. The summed E-state index contributed by atoms with van der Waals surface area (Å²) >= 11 is 1.65. The summed E-state index contributed by atoms with van der Waals surface area (Å²) in [5.74, 6) is 1.88. The number of aryl methyl sites for hydroxylation is 1. The fourth-order valence-electron chi connectivity index (χ4n) is 3.06. The van der Waals surface area contributed by atoms with Crippen molar-refractivity contribution in [1.82, 2.24) is 20.4 Å². The quantitative estimate of drug-likeness (QED) is 0.880. The molecule has 2 aromatic heterocycles. The molecule has 1 aliphatic rings. The van der Waals surface area contributed by atoms with Crippen LogP contribution in [0.4, 0.5) is 0 Å².